The molecule has 176 valence electrons. The van der Waals surface area contributed by atoms with E-state index in [1.165, 1.54) is 0 Å². The Balaban J connectivity index is 1.43. The topological polar surface area (TPSA) is 102 Å². The van der Waals surface area contributed by atoms with Gasteiger partial charge in [0.05, 0.1) is 24.3 Å². The quantitative estimate of drug-likeness (QED) is 0.349. The fourth-order valence-corrected chi connectivity index (χ4v) is 3.94. The Kier molecular flexibility index (Phi) is 6.98. The number of benzene rings is 2. The summed E-state index contributed by atoms with van der Waals surface area (Å²) in [7, 11) is 0. The first-order chi connectivity index (χ1) is 16.4. The summed E-state index contributed by atoms with van der Waals surface area (Å²) in [5, 5.41) is 10.8. The lowest BCUT2D eigenvalue weighted by Gasteiger charge is -2.10. The van der Waals surface area contributed by atoms with Crippen LogP contribution in [0.3, 0.4) is 0 Å². The number of amides is 2. The SMILES string of the molecule is CCCCOC(=O)c1ccc(NC(=O)CC2C(=O)Nc3c(-c4ccc(Cl)cc4)c(C)nn32)cc1. The Morgan fingerprint density at radius 2 is 1.85 bits per heavy atom. The molecule has 4 rings (SSSR count). The number of ether oxygens (including phenoxy) is 1. The molecular formula is C25H25ClN4O4. The molecule has 2 N–H and O–H groups in total. The monoisotopic (exact) mass is 480 g/mol. The van der Waals surface area contributed by atoms with Crippen molar-refractivity contribution in [2.45, 2.75) is 39.2 Å². The first kappa shape index (κ1) is 23.5. The van der Waals surface area contributed by atoms with Gasteiger partial charge in [0, 0.05) is 16.3 Å². The van der Waals surface area contributed by atoms with Crippen LogP contribution in [0, 0.1) is 6.92 Å². The highest BCUT2D eigenvalue weighted by Gasteiger charge is 2.36. The molecular weight excluding hydrogens is 456 g/mol. The molecule has 2 heterocycles. The summed E-state index contributed by atoms with van der Waals surface area (Å²) >= 11 is 5.99. The van der Waals surface area contributed by atoms with Crippen molar-refractivity contribution in [3.8, 4) is 11.1 Å². The summed E-state index contributed by atoms with van der Waals surface area (Å²) < 4.78 is 6.75. The van der Waals surface area contributed by atoms with Gasteiger partial charge in [-0.3, -0.25) is 9.59 Å². The summed E-state index contributed by atoms with van der Waals surface area (Å²) in [4.78, 5) is 37.3. The number of anilines is 2. The molecule has 34 heavy (non-hydrogen) atoms. The fraction of sp³-hybridized carbons (Fsp3) is 0.280. The number of rotatable bonds is 8. The van der Waals surface area contributed by atoms with Gasteiger partial charge in [0.2, 0.25) is 5.91 Å². The van der Waals surface area contributed by atoms with Crippen LogP contribution in [0.5, 0.6) is 0 Å². The Hall–Kier alpha value is -3.65. The lowest BCUT2D eigenvalue weighted by Crippen LogP contribution is -2.23. The molecule has 3 aromatic rings. The van der Waals surface area contributed by atoms with E-state index in [0.29, 0.717) is 28.7 Å². The third-order valence-corrected chi connectivity index (χ3v) is 5.82. The van der Waals surface area contributed by atoms with Gasteiger partial charge >= 0.3 is 5.97 Å². The molecule has 0 saturated heterocycles. The third-order valence-electron chi connectivity index (χ3n) is 5.57. The summed E-state index contributed by atoms with van der Waals surface area (Å²) in [6.45, 7) is 4.26. The Morgan fingerprint density at radius 1 is 1.15 bits per heavy atom. The van der Waals surface area contributed by atoms with Crippen LogP contribution < -0.4 is 10.6 Å². The maximum atomic E-state index is 12.7. The second kappa shape index (κ2) is 10.1. The van der Waals surface area contributed by atoms with Crippen LogP contribution in [0.15, 0.2) is 48.5 Å². The average Bonchev–Trinajstić information content (AvgIpc) is 3.28. The van der Waals surface area contributed by atoms with Crippen LogP contribution in [0.2, 0.25) is 5.02 Å². The Morgan fingerprint density at radius 3 is 2.53 bits per heavy atom. The smallest absolute Gasteiger partial charge is 0.338 e. The lowest BCUT2D eigenvalue weighted by atomic mass is 10.1. The number of carbonyl (C=O) groups excluding carboxylic acids is 3. The second-order valence-electron chi connectivity index (χ2n) is 8.08. The van der Waals surface area contributed by atoms with Crippen LogP contribution in [0.1, 0.15) is 48.3 Å². The number of esters is 1. The molecule has 8 nitrogen and oxygen atoms in total. The van der Waals surface area contributed by atoms with Crippen molar-refractivity contribution >= 4 is 40.9 Å². The number of nitrogens with zero attached hydrogens (tertiary/aromatic N) is 2. The summed E-state index contributed by atoms with van der Waals surface area (Å²) in [5.41, 5.74) is 3.35. The number of unbranched alkanes of at least 4 members (excludes halogenated alkanes) is 1. The van der Waals surface area contributed by atoms with Crippen molar-refractivity contribution in [2.75, 3.05) is 17.2 Å². The van der Waals surface area contributed by atoms with Gasteiger partial charge in [0.1, 0.15) is 11.9 Å². The minimum atomic E-state index is -0.762. The molecule has 0 aliphatic carbocycles. The van der Waals surface area contributed by atoms with Crippen molar-refractivity contribution in [2.24, 2.45) is 0 Å². The zero-order valence-electron chi connectivity index (χ0n) is 18.9. The van der Waals surface area contributed by atoms with E-state index in [9.17, 15) is 14.4 Å². The minimum absolute atomic E-state index is 0.0825. The molecule has 9 heteroatoms. The van der Waals surface area contributed by atoms with Gasteiger partial charge in [0.25, 0.3) is 5.91 Å². The van der Waals surface area contributed by atoms with Gasteiger partial charge in [-0.25, -0.2) is 9.48 Å². The van der Waals surface area contributed by atoms with Gasteiger partial charge in [0.15, 0.2) is 0 Å². The number of fused-ring (bicyclic) bond motifs is 1. The summed E-state index contributed by atoms with van der Waals surface area (Å²) in [5.74, 6) is -0.467. The maximum Gasteiger partial charge on any atom is 0.338 e. The minimum Gasteiger partial charge on any atom is -0.462 e. The van der Waals surface area contributed by atoms with E-state index in [4.69, 9.17) is 16.3 Å². The molecule has 0 spiro atoms. The third kappa shape index (κ3) is 4.97. The first-order valence-corrected chi connectivity index (χ1v) is 11.5. The molecule has 0 fully saturated rings. The van der Waals surface area contributed by atoms with Gasteiger partial charge in [-0.05, 0) is 55.3 Å². The van der Waals surface area contributed by atoms with E-state index < -0.39 is 12.0 Å². The highest BCUT2D eigenvalue weighted by atomic mass is 35.5. The van der Waals surface area contributed by atoms with Crippen LogP contribution >= 0.6 is 11.6 Å². The zero-order valence-corrected chi connectivity index (χ0v) is 19.7. The number of nitrogens with one attached hydrogen (secondary N) is 2. The van der Waals surface area contributed by atoms with E-state index in [2.05, 4.69) is 15.7 Å². The molecule has 0 bridgehead atoms. The highest BCUT2D eigenvalue weighted by Crippen LogP contribution is 2.38. The van der Waals surface area contributed by atoms with Crippen molar-refractivity contribution in [1.29, 1.82) is 0 Å². The maximum absolute atomic E-state index is 12.7. The molecule has 2 amide bonds. The normalized spacial score (nSPS) is 14.4. The van der Waals surface area contributed by atoms with E-state index in [0.717, 1.165) is 29.7 Å². The molecule has 1 aliphatic rings. The number of hydrogen-bond acceptors (Lipinski definition) is 5. The van der Waals surface area contributed by atoms with Crippen LogP contribution in [0.4, 0.5) is 11.5 Å². The van der Waals surface area contributed by atoms with E-state index >= 15 is 0 Å². The van der Waals surface area contributed by atoms with Gasteiger partial charge in [-0.1, -0.05) is 37.1 Å². The number of halogens is 1. The summed E-state index contributed by atoms with van der Waals surface area (Å²) in [6.07, 6.45) is 1.67. The van der Waals surface area contributed by atoms with E-state index in [1.807, 2.05) is 26.0 Å². The van der Waals surface area contributed by atoms with Crippen molar-refractivity contribution in [3.05, 3.63) is 64.8 Å². The molecule has 1 atom stereocenters. The number of carbonyl (C=O) groups is 3. The predicted octanol–water partition coefficient (Wildman–Crippen LogP) is 4.99. The largest absolute Gasteiger partial charge is 0.462 e. The van der Waals surface area contributed by atoms with Crippen LogP contribution in [-0.2, 0) is 14.3 Å². The Labute approximate surface area is 202 Å². The van der Waals surface area contributed by atoms with Gasteiger partial charge in [-0.15, -0.1) is 0 Å². The number of aromatic nitrogens is 2. The molecule has 2 aromatic carbocycles. The summed E-state index contributed by atoms with van der Waals surface area (Å²) in [6, 6.07) is 13.0. The zero-order chi connectivity index (χ0) is 24.2. The molecule has 1 aromatic heterocycles. The van der Waals surface area contributed by atoms with Gasteiger partial charge in [-0.2, -0.15) is 5.10 Å². The van der Waals surface area contributed by atoms with Crippen molar-refractivity contribution < 1.29 is 19.1 Å². The Bertz CT molecular complexity index is 1220. The van der Waals surface area contributed by atoms with Crippen LogP contribution in [0.25, 0.3) is 11.1 Å². The van der Waals surface area contributed by atoms with Crippen LogP contribution in [-0.4, -0.2) is 34.2 Å². The molecule has 1 unspecified atom stereocenters. The molecule has 1 aliphatic heterocycles. The first-order valence-electron chi connectivity index (χ1n) is 11.1. The predicted molar refractivity (Wildman–Crippen MR) is 130 cm³/mol. The number of aryl methyl sites for hydroxylation is 1. The van der Waals surface area contributed by atoms with Crippen molar-refractivity contribution in [3.63, 3.8) is 0 Å². The lowest BCUT2D eigenvalue weighted by molar-refractivity contribution is -0.123. The fourth-order valence-electron chi connectivity index (χ4n) is 3.82. The second-order valence-corrected chi connectivity index (χ2v) is 8.52. The molecule has 0 saturated carbocycles. The van der Waals surface area contributed by atoms with Crippen molar-refractivity contribution in [1.82, 2.24) is 9.78 Å². The van der Waals surface area contributed by atoms with E-state index in [1.54, 1.807) is 41.1 Å². The standard InChI is InChI=1S/C25H25ClN4O4/c1-3-4-13-34-25(33)17-7-11-19(12-8-17)27-21(31)14-20-24(32)28-23-22(15(2)29-30(20)23)16-5-9-18(26)10-6-16/h5-12,20H,3-4,13-14H2,1-2H3,(H,27,31)(H,28,32). The van der Waals surface area contributed by atoms with E-state index in [-0.39, 0.29) is 18.2 Å². The average molecular weight is 481 g/mol. The molecule has 0 radical (unpaired) electrons. The highest BCUT2D eigenvalue weighted by molar-refractivity contribution is 6.30. The van der Waals surface area contributed by atoms with Gasteiger partial charge < -0.3 is 15.4 Å². The number of hydrogen-bond donors (Lipinski definition) is 2.